The van der Waals surface area contributed by atoms with Gasteiger partial charge in [0.25, 0.3) is 0 Å². The van der Waals surface area contributed by atoms with Crippen LogP contribution in [-0.2, 0) is 4.79 Å². The average Bonchev–Trinajstić information content (AvgIpc) is 2.18. The number of halogens is 1. The zero-order valence-corrected chi connectivity index (χ0v) is 10.1. The lowest BCUT2D eigenvalue weighted by molar-refractivity contribution is -0.115. The number of rotatable bonds is 4. The zero-order chi connectivity index (χ0) is 11.3. The van der Waals surface area contributed by atoms with Gasteiger partial charge in [0.05, 0.1) is 6.10 Å². The number of aliphatic hydroxyl groups excluding tert-OH is 1. The Kier molecular flexibility index (Phi) is 4.78. The topological polar surface area (TPSA) is 49.3 Å². The molecule has 0 aliphatic rings. The molecule has 1 aromatic rings. The van der Waals surface area contributed by atoms with E-state index in [1.54, 1.807) is 19.1 Å². The minimum atomic E-state index is -0.578. The van der Waals surface area contributed by atoms with E-state index in [1.807, 2.05) is 12.1 Å². The van der Waals surface area contributed by atoms with Gasteiger partial charge in [-0.3, -0.25) is 4.79 Å². The maximum Gasteiger partial charge on any atom is 0.225 e. The van der Waals surface area contributed by atoms with Gasteiger partial charge in [-0.1, -0.05) is 34.1 Å². The van der Waals surface area contributed by atoms with Crippen LogP contribution < -0.4 is 5.32 Å². The Bertz CT molecular complexity index is 339. The molecule has 0 radical (unpaired) electrons. The minimum Gasteiger partial charge on any atom is -0.389 e. The number of para-hydroxylation sites is 1. The highest BCUT2D eigenvalue weighted by Crippen LogP contribution is 2.22. The van der Waals surface area contributed by atoms with E-state index in [0.717, 1.165) is 5.56 Å². The van der Waals surface area contributed by atoms with Crippen LogP contribution in [0.2, 0.25) is 0 Å². The Morgan fingerprint density at radius 1 is 1.53 bits per heavy atom. The highest BCUT2D eigenvalue weighted by Gasteiger charge is 2.09. The maximum atomic E-state index is 11.4. The molecule has 0 heterocycles. The standard InChI is InChI=1S/C11H14BrNO2/c1-8(14)9-4-2-3-5-10(9)13-11(15)6-7-12/h2-5,8,14H,6-7H2,1H3,(H,13,15). The second kappa shape index (κ2) is 5.88. The molecule has 4 heteroatoms. The fourth-order valence-corrected chi connectivity index (χ4v) is 1.63. The SMILES string of the molecule is CC(O)c1ccccc1NC(=O)CCBr. The lowest BCUT2D eigenvalue weighted by Gasteiger charge is -2.12. The molecule has 0 aliphatic carbocycles. The summed E-state index contributed by atoms with van der Waals surface area (Å²) in [5.41, 5.74) is 1.42. The predicted molar refractivity (Wildman–Crippen MR) is 64.1 cm³/mol. The number of amides is 1. The average molecular weight is 272 g/mol. The van der Waals surface area contributed by atoms with Crippen molar-refractivity contribution in [2.45, 2.75) is 19.4 Å². The molecular weight excluding hydrogens is 258 g/mol. The summed E-state index contributed by atoms with van der Waals surface area (Å²) < 4.78 is 0. The van der Waals surface area contributed by atoms with E-state index in [2.05, 4.69) is 21.2 Å². The Hall–Kier alpha value is -0.870. The van der Waals surface area contributed by atoms with Crippen molar-refractivity contribution in [2.24, 2.45) is 0 Å². The monoisotopic (exact) mass is 271 g/mol. The van der Waals surface area contributed by atoms with Gasteiger partial charge in [-0.05, 0) is 13.0 Å². The second-order valence-corrected chi connectivity index (χ2v) is 4.04. The number of carbonyl (C=O) groups excluding carboxylic acids is 1. The fraction of sp³-hybridized carbons (Fsp3) is 0.364. The minimum absolute atomic E-state index is 0.0556. The molecule has 2 N–H and O–H groups in total. The van der Waals surface area contributed by atoms with Crippen molar-refractivity contribution in [1.29, 1.82) is 0 Å². The summed E-state index contributed by atoms with van der Waals surface area (Å²) >= 11 is 3.20. The van der Waals surface area contributed by atoms with Crippen molar-refractivity contribution in [3.05, 3.63) is 29.8 Å². The van der Waals surface area contributed by atoms with Crippen LogP contribution in [0.1, 0.15) is 25.0 Å². The number of anilines is 1. The molecule has 0 aromatic heterocycles. The van der Waals surface area contributed by atoms with Crippen LogP contribution in [0.25, 0.3) is 0 Å². The summed E-state index contributed by atoms with van der Waals surface area (Å²) in [4.78, 5) is 11.4. The number of aliphatic hydroxyl groups is 1. The molecule has 0 spiro atoms. The quantitative estimate of drug-likeness (QED) is 0.827. The lowest BCUT2D eigenvalue weighted by atomic mass is 10.1. The fourth-order valence-electron chi connectivity index (χ4n) is 1.27. The summed E-state index contributed by atoms with van der Waals surface area (Å²) in [6, 6.07) is 7.25. The molecule has 0 bridgehead atoms. The Balaban J connectivity index is 2.80. The highest BCUT2D eigenvalue weighted by molar-refractivity contribution is 9.09. The molecule has 1 unspecified atom stereocenters. The molecular formula is C11H14BrNO2. The molecule has 0 saturated carbocycles. The van der Waals surface area contributed by atoms with Gasteiger partial charge in [0.15, 0.2) is 0 Å². The molecule has 15 heavy (non-hydrogen) atoms. The zero-order valence-electron chi connectivity index (χ0n) is 8.53. The van der Waals surface area contributed by atoms with E-state index >= 15 is 0 Å². The third kappa shape index (κ3) is 3.64. The lowest BCUT2D eigenvalue weighted by Crippen LogP contribution is -2.13. The Morgan fingerprint density at radius 3 is 2.80 bits per heavy atom. The second-order valence-electron chi connectivity index (χ2n) is 3.25. The summed E-state index contributed by atoms with van der Waals surface area (Å²) in [5, 5.41) is 12.9. The van der Waals surface area contributed by atoms with Gasteiger partial charge in [0.2, 0.25) is 5.91 Å². The molecule has 1 atom stereocenters. The van der Waals surface area contributed by atoms with Crippen LogP contribution in [0.3, 0.4) is 0 Å². The van der Waals surface area contributed by atoms with Crippen molar-refractivity contribution in [3.8, 4) is 0 Å². The summed E-state index contributed by atoms with van der Waals surface area (Å²) in [6.45, 7) is 1.68. The van der Waals surface area contributed by atoms with Gasteiger partial charge < -0.3 is 10.4 Å². The highest BCUT2D eigenvalue weighted by atomic mass is 79.9. The molecule has 3 nitrogen and oxygen atoms in total. The van der Waals surface area contributed by atoms with Crippen molar-refractivity contribution in [1.82, 2.24) is 0 Å². The molecule has 1 aromatic carbocycles. The predicted octanol–water partition coefficient (Wildman–Crippen LogP) is 2.46. The first-order valence-electron chi connectivity index (χ1n) is 4.78. The maximum absolute atomic E-state index is 11.4. The van der Waals surface area contributed by atoms with E-state index in [0.29, 0.717) is 17.4 Å². The van der Waals surface area contributed by atoms with Crippen LogP contribution >= 0.6 is 15.9 Å². The number of hydrogen-bond acceptors (Lipinski definition) is 2. The van der Waals surface area contributed by atoms with Gasteiger partial charge in [0.1, 0.15) is 0 Å². The molecule has 1 amide bonds. The normalized spacial score (nSPS) is 12.2. The van der Waals surface area contributed by atoms with Crippen molar-refractivity contribution < 1.29 is 9.90 Å². The van der Waals surface area contributed by atoms with Gasteiger partial charge in [-0.15, -0.1) is 0 Å². The third-order valence-corrected chi connectivity index (χ3v) is 2.40. The molecule has 0 fully saturated rings. The van der Waals surface area contributed by atoms with Gasteiger partial charge in [-0.2, -0.15) is 0 Å². The van der Waals surface area contributed by atoms with E-state index in [1.165, 1.54) is 0 Å². The first kappa shape index (κ1) is 12.2. The molecule has 82 valence electrons. The smallest absolute Gasteiger partial charge is 0.225 e. The Labute approximate surface area is 97.6 Å². The van der Waals surface area contributed by atoms with Crippen LogP contribution in [0.15, 0.2) is 24.3 Å². The summed E-state index contributed by atoms with van der Waals surface area (Å²) in [5.74, 6) is -0.0556. The number of hydrogen-bond donors (Lipinski definition) is 2. The number of benzene rings is 1. The van der Waals surface area contributed by atoms with Crippen molar-refractivity contribution >= 4 is 27.5 Å². The number of carbonyl (C=O) groups is 1. The van der Waals surface area contributed by atoms with Gasteiger partial charge >= 0.3 is 0 Å². The van der Waals surface area contributed by atoms with Gasteiger partial charge in [0, 0.05) is 23.0 Å². The summed E-state index contributed by atoms with van der Waals surface area (Å²) in [6.07, 6.45) is -0.154. The first-order chi connectivity index (χ1) is 7.15. The number of alkyl halides is 1. The Morgan fingerprint density at radius 2 is 2.20 bits per heavy atom. The first-order valence-corrected chi connectivity index (χ1v) is 5.90. The van der Waals surface area contributed by atoms with Crippen LogP contribution in [-0.4, -0.2) is 16.3 Å². The van der Waals surface area contributed by atoms with Crippen molar-refractivity contribution in [2.75, 3.05) is 10.6 Å². The summed E-state index contributed by atoms with van der Waals surface area (Å²) in [7, 11) is 0. The van der Waals surface area contributed by atoms with E-state index in [4.69, 9.17) is 0 Å². The molecule has 0 saturated heterocycles. The van der Waals surface area contributed by atoms with Crippen LogP contribution in [0.5, 0.6) is 0 Å². The van der Waals surface area contributed by atoms with E-state index < -0.39 is 6.10 Å². The molecule has 1 rings (SSSR count). The molecule has 0 aliphatic heterocycles. The van der Waals surface area contributed by atoms with E-state index in [-0.39, 0.29) is 5.91 Å². The van der Waals surface area contributed by atoms with Crippen molar-refractivity contribution in [3.63, 3.8) is 0 Å². The van der Waals surface area contributed by atoms with Crippen LogP contribution in [0.4, 0.5) is 5.69 Å². The largest absolute Gasteiger partial charge is 0.389 e. The third-order valence-electron chi connectivity index (χ3n) is 2.01. The van der Waals surface area contributed by atoms with Gasteiger partial charge in [-0.25, -0.2) is 0 Å². The number of nitrogens with one attached hydrogen (secondary N) is 1. The van der Waals surface area contributed by atoms with E-state index in [9.17, 15) is 9.90 Å². The van der Waals surface area contributed by atoms with Crippen LogP contribution in [0, 0.1) is 0 Å².